The number of urea groups is 1. The highest BCUT2D eigenvalue weighted by Gasteiger charge is 2.17. The SMILES string of the molecule is CSC(CO)C(C)NC(=O)Nc1cc(Cl)ccc1C. The maximum Gasteiger partial charge on any atom is 0.319 e. The van der Waals surface area contributed by atoms with Gasteiger partial charge < -0.3 is 15.7 Å². The first-order chi connectivity index (χ1) is 8.97. The van der Waals surface area contributed by atoms with Crippen molar-refractivity contribution >= 4 is 35.1 Å². The van der Waals surface area contributed by atoms with Crippen molar-refractivity contribution in [3.63, 3.8) is 0 Å². The van der Waals surface area contributed by atoms with Crippen LogP contribution in [-0.2, 0) is 0 Å². The van der Waals surface area contributed by atoms with Crippen molar-refractivity contribution in [3.8, 4) is 0 Å². The predicted molar refractivity (Wildman–Crippen MR) is 82.2 cm³/mol. The van der Waals surface area contributed by atoms with Gasteiger partial charge in [-0.15, -0.1) is 0 Å². The number of hydrogen-bond acceptors (Lipinski definition) is 3. The number of nitrogens with one attached hydrogen (secondary N) is 2. The van der Waals surface area contributed by atoms with E-state index in [1.807, 2.05) is 26.2 Å². The van der Waals surface area contributed by atoms with Crippen molar-refractivity contribution < 1.29 is 9.90 Å². The summed E-state index contributed by atoms with van der Waals surface area (Å²) in [6.45, 7) is 3.79. The van der Waals surface area contributed by atoms with E-state index in [0.717, 1.165) is 5.56 Å². The molecule has 0 radical (unpaired) electrons. The van der Waals surface area contributed by atoms with Gasteiger partial charge in [-0.05, 0) is 37.8 Å². The van der Waals surface area contributed by atoms with E-state index in [4.69, 9.17) is 16.7 Å². The van der Waals surface area contributed by atoms with E-state index in [-0.39, 0.29) is 23.9 Å². The zero-order chi connectivity index (χ0) is 14.4. The fraction of sp³-hybridized carbons (Fsp3) is 0.462. The van der Waals surface area contributed by atoms with Gasteiger partial charge in [-0.25, -0.2) is 4.79 Å². The van der Waals surface area contributed by atoms with E-state index in [2.05, 4.69) is 10.6 Å². The Morgan fingerprint density at radius 2 is 2.21 bits per heavy atom. The van der Waals surface area contributed by atoms with Gasteiger partial charge in [0.15, 0.2) is 0 Å². The number of rotatable bonds is 5. The molecule has 2 amide bonds. The van der Waals surface area contributed by atoms with Gasteiger partial charge in [-0.1, -0.05) is 17.7 Å². The Kier molecular flexibility index (Phi) is 6.48. The Labute approximate surface area is 122 Å². The molecule has 0 spiro atoms. The lowest BCUT2D eigenvalue weighted by Gasteiger charge is -2.21. The Morgan fingerprint density at radius 1 is 1.53 bits per heavy atom. The number of hydrogen-bond donors (Lipinski definition) is 3. The van der Waals surface area contributed by atoms with Gasteiger partial charge in [0, 0.05) is 22.0 Å². The summed E-state index contributed by atoms with van der Waals surface area (Å²) in [7, 11) is 0. The number of anilines is 1. The Balaban J connectivity index is 2.62. The summed E-state index contributed by atoms with van der Waals surface area (Å²) in [5.74, 6) is 0. The molecule has 0 aliphatic rings. The number of halogens is 1. The molecular formula is C13H19ClN2O2S. The third kappa shape index (κ3) is 4.93. The normalized spacial score (nSPS) is 13.7. The summed E-state index contributed by atoms with van der Waals surface area (Å²) >= 11 is 7.41. The highest BCUT2D eigenvalue weighted by atomic mass is 35.5. The van der Waals surface area contributed by atoms with Crippen LogP contribution in [-0.4, -0.2) is 35.3 Å². The van der Waals surface area contributed by atoms with Crippen molar-refractivity contribution in [1.82, 2.24) is 5.32 Å². The van der Waals surface area contributed by atoms with Crippen molar-refractivity contribution in [3.05, 3.63) is 28.8 Å². The van der Waals surface area contributed by atoms with Gasteiger partial charge in [0.2, 0.25) is 0 Å². The molecule has 2 atom stereocenters. The molecule has 0 aliphatic carbocycles. The van der Waals surface area contributed by atoms with Gasteiger partial charge in [-0.3, -0.25) is 0 Å². The fourth-order valence-corrected chi connectivity index (χ4v) is 2.42. The number of carbonyl (C=O) groups is 1. The van der Waals surface area contributed by atoms with Crippen molar-refractivity contribution in [1.29, 1.82) is 0 Å². The largest absolute Gasteiger partial charge is 0.395 e. The molecule has 3 N–H and O–H groups in total. The minimum atomic E-state index is -0.301. The smallest absolute Gasteiger partial charge is 0.319 e. The summed E-state index contributed by atoms with van der Waals surface area (Å²) in [4.78, 5) is 11.9. The summed E-state index contributed by atoms with van der Waals surface area (Å²) < 4.78 is 0. The van der Waals surface area contributed by atoms with E-state index < -0.39 is 0 Å². The van der Waals surface area contributed by atoms with E-state index in [1.165, 1.54) is 11.8 Å². The summed E-state index contributed by atoms with van der Waals surface area (Å²) in [6, 6.07) is 4.90. The minimum Gasteiger partial charge on any atom is -0.395 e. The first-order valence-electron chi connectivity index (χ1n) is 5.95. The highest BCUT2D eigenvalue weighted by molar-refractivity contribution is 7.99. The van der Waals surface area contributed by atoms with Gasteiger partial charge in [0.25, 0.3) is 0 Å². The predicted octanol–water partition coefficient (Wildman–Crippen LogP) is 2.88. The lowest BCUT2D eigenvalue weighted by molar-refractivity contribution is 0.243. The van der Waals surface area contributed by atoms with Crippen LogP contribution in [0.3, 0.4) is 0 Å². The quantitative estimate of drug-likeness (QED) is 0.784. The fourth-order valence-electron chi connectivity index (χ4n) is 1.62. The number of aryl methyl sites for hydroxylation is 1. The number of benzene rings is 1. The van der Waals surface area contributed by atoms with Crippen LogP contribution in [0.15, 0.2) is 18.2 Å². The molecule has 2 unspecified atom stereocenters. The maximum atomic E-state index is 11.9. The van der Waals surface area contributed by atoms with Crippen LogP contribution in [0.25, 0.3) is 0 Å². The average molecular weight is 303 g/mol. The van der Waals surface area contributed by atoms with Crippen LogP contribution in [0.5, 0.6) is 0 Å². The van der Waals surface area contributed by atoms with E-state index in [9.17, 15) is 4.79 Å². The minimum absolute atomic E-state index is 0.0220. The molecule has 19 heavy (non-hydrogen) atoms. The first-order valence-corrected chi connectivity index (χ1v) is 7.61. The molecular weight excluding hydrogens is 284 g/mol. The number of aliphatic hydroxyl groups is 1. The molecule has 1 aromatic rings. The highest BCUT2D eigenvalue weighted by Crippen LogP contribution is 2.20. The Bertz CT molecular complexity index is 439. The first kappa shape index (κ1) is 16.1. The molecule has 0 fully saturated rings. The van der Waals surface area contributed by atoms with Crippen LogP contribution >= 0.6 is 23.4 Å². The Morgan fingerprint density at radius 3 is 2.79 bits per heavy atom. The molecule has 4 nitrogen and oxygen atoms in total. The monoisotopic (exact) mass is 302 g/mol. The van der Waals surface area contributed by atoms with Gasteiger partial charge in [-0.2, -0.15) is 11.8 Å². The third-order valence-electron chi connectivity index (χ3n) is 2.85. The van der Waals surface area contributed by atoms with Gasteiger partial charge >= 0.3 is 6.03 Å². The van der Waals surface area contributed by atoms with Crippen LogP contribution in [0.1, 0.15) is 12.5 Å². The van der Waals surface area contributed by atoms with Gasteiger partial charge in [0.1, 0.15) is 0 Å². The van der Waals surface area contributed by atoms with E-state index in [1.54, 1.807) is 12.1 Å². The van der Waals surface area contributed by atoms with Crippen molar-refractivity contribution in [2.24, 2.45) is 0 Å². The van der Waals surface area contributed by atoms with E-state index >= 15 is 0 Å². The van der Waals surface area contributed by atoms with Gasteiger partial charge in [0.05, 0.1) is 6.61 Å². The molecule has 1 rings (SSSR count). The molecule has 0 aromatic heterocycles. The number of thioether (sulfide) groups is 1. The van der Waals surface area contributed by atoms with Crippen molar-refractivity contribution in [2.45, 2.75) is 25.1 Å². The van der Waals surface area contributed by atoms with Crippen LogP contribution in [0, 0.1) is 6.92 Å². The maximum absolute atomic E-state index is 11.9. The third-order valence-corrected chi connectivity index (χ3v) is 4.24. The number of carbonyl (C=O) groups excluding carboxylic acids is 1. The second-order valence-corrected chi connectivity index (χ2v) is 5.82. The topological polar surface area (TPSA) is 61.4 Å². The summed E-state index contributed by atoms with van der Waals surface area (Å²) in [5.41, 5.74) is 1.62. The molecule has 0 bridgehead atoms. The molecule has 6 heteroatoms. The van der Waals surface area contributed by atoms with Crippen molar-refractivity contribution in [2.75, 3.05) is 18.2 Å². The zero-order valence-electron chi connectivity index (χ0n) is 11.2. The Hall–Kier alpha value is -0.910. The lowest BCUT2D eigenvalue weighted by atomic mass is 10.2. The van der Waals surface area contributed by atoms with E-state index in [0.29, 0.717) is 10.7 Å². The molecule has 0 saturated heterocycles. The molecule has 106 valence electrons. The average Bonchev–Trinajstić information content (AvgIpc) is 2.35. The van der Waals surface area contributed by atoms with Crippen LogP contribution in [0.4, 0.5) is 10.5 Å². The van der Waals surface area contributed by atoms with Crippen LogP contribution < -0.4 is 10.6 Å². The zero-order valence-corrected chi connectivity index (χ0v) is 12.8. The summed E-state index contributed by atoms with van der Waals surface area (Å²) in [6.07, 6.45) is 1.90. The lowest BCUT2D eigenvalue weighted by Crippen LogP contribution is -2.43. The molecule has 0 heterocycles. The molecule has 0 saturated carbocycles. The standard InChI is InChI=1S/C13H19ClN2O2S/c1-8-4-5-10(14)6-11(8)16-13(18)15-9(2)12(7-17)19-3/h4-6,9,12,17H,7H2,1-3H3,(H2,15,16,18). The second-order valence-electron chi connectivity index (χ2n) is 4.30. The summed E-state index contributed by atoms with van der Waals surface area (Å²) in [5, 5.41) is 15.3. The molecule has 0 aliphatic heterocycles. The molecule has 1 aromatic carbocycles. The number of aliphatic hydroxyl groups excluding tert-OH is 1. The second kappa shape index (κ2) is 7.62. The van der Waals surface area contributed by atoms with Crippen LogP contribution in [0.2, 0.25) is 5.02 Å². The number of amides is 2.